The lowest BCUT2D eigenvalue weighted by Crippen LogP contribution is -2.15. The molecule has 0 amide bonds. The van der Waals surface area contributed by atoms with Crippen LogP contribution in [0.1, 0.15) is 25.0 Å². The third kappa shape index (κ3) is 3.37. The second-order valence-corrected chi connectivity index (χ2v) is 17.8. The number of rotatable bonds is 2. The van der Waals surface area contributed by atoms with Crippen molar-refractivity contribution in [3.63, 3.8) is 0 Å². The molecule has 0 N–H and O–H groups in total. The Morgan fingerprint density at radius 1 is 0.491 bits per heavy atom. The molecule has 1 aliphatic rings. The van der Waals surface area contributed by atoms with Crippen LogP contribution in [0.5, 0.6) is 0 Å². The van der Waals surface area contributed by atoms with Crippen LogP contribution in [0.2, 0.25) is 0 Å². The number of benzene rings is 7. The van der Waals surface area contributed by atoms with Crippen molar-refractivity contribution in [2.75, 3.05) is 0 Å². The number of nitrogens with zero attached hydrogens (tertiary/aromatic N) is 4. The molecule has 0 unspecified atom stereocenters. The molecule has 0 saturated carbocycles. The summed E-state index contributed by atoms with van der Waals surface area (Å²) in [4.78, 5) is 12.2. The van der Waals surface area contributed by atoms with Gasteiger partial charge in [0.1, 0.15) is 4.83 Å². The fraction of sp³-hybridized carbons (Fsp3) is 0.0612. The molecular formula is C49H28N4S2. The molecule has 0 spiro atoms. The summed E-state index contributed by atoms with van der Waals surface area (Å²) in [5.74, 6) is 0.705. The molecule has 6 heterocycles. The molecule has 4 nitrogen and oxygen atoms in total. The summed E-state index contributed by atoms with van der Waals surface area (Å²) in [6.07, 6.45) is 0. The van der Waals surface area contributed by atoms with Crippen molar-refractivity contribution >= 4 is 112 Å². The Morgan fingerprint density at radius 2 is 1.24 bits per heavy atom. The van der Waals surface area contributed by atoms with Gasteiger partial charge >= 0.3 is 0 Å². The zero-order valence-corrected chi connectivity index (χ0v) is 31.4. The van der Waals surface area contributed by atoms with Crippen molar-refractivity contribution in [3.05, 3.63) is 145 Å². The highest BCUT2D eigenvalue weighted by Crippen LogP contribution is 2.52. The second kappa shape index (κ2) is 9.66. The molecule has 13 aromatic rings. The maximum Gasteiger partial charge on any atom is 0.236 e. The van der Waals surface area contributed by atoms with Gasteiger partial charge in [0, 0.05) is 68.2 Å². The van der Waals surface area contributed by atoms with Crippen molar-refractivity contribution in [2.45, 2.75) is 19.3 Å². The lowest BCUT2D eigenvalue weighted by atomic mass is 9.82. The minimum Gasteiger partial charge on any atom is -0.308 e. The number of hydrogen-bond acceptors (Lipinski definition) is 4. The number of hydrogen-bond donors (Lipinski definition) is 0. The molecule has 55 heavy (non-hydrogen) atoms. The summed E-state index contributed by atoms with van der Waals surface area (Å²) in [5.41, 5.74) is 13.3. The van der Waals surface area contributed by atoms with E-state index in [0.717, 1.165) is 32.5 Å². The number of thiophene rings is 2. The maximum atomic E-state index is 5.67. The molecule has 256 valence electrons. The van der Waals surface area contributed by atoms with Crippen LogP contribution in [0.25, 0.3) is 118 Å². The van der Waals surface area contributed by atoms with Crippen molar-refractivity contribution in [1.29, 1.82) is 0 Å². The first kappa shape index (κ1) is 29.1. The number of para-hydroxylation sites is 1. The van der Waals surface area contributed by atoms with Crippen LogP contribution in [0.3, 0.4) is 0 Å². The fourth-order valence-corrected chi connectivity index (χ4v) is 12.5. The monoisotopic (exact) mass is 736 g/mol. The molecule has 7 aromatic carbocycles. The van der Waals surface area contributed by atoms with E-state index in [2.05, 4.69) is 156 Å². The van der Waals surface area contributed by atoms with E-state index >= 15 is 0 Å². The molecular weight excluding hydrogens is 709 g/mol. The Hall–Kier alpha value is -6.34. The zero-order chi connectivity index (χ0) is 35.9. The quantitative estimate of drug-likeness (QED) is 0.177. The molecule has 0 atom stereocenters. The highest BCUT2D eigenvalue weighted by atomic mass is 32.1. The van der Waals surface area contributed by atoms with Crippen molar-refractivity contribution in [2.24, 2.45) is 0 Å². The summed E-state index contributed by atoms with van der Waals surface area (Å²) in [5, 5.41) is 10.1. The van der Waals surface area contributed by atoms with Crippen molar-refractivity contribution in [1.82, 2.24) is 18.9 Å². The standard InChI is InChI=1S/C49H28N4S2/c1-49(2)31-13-6-3-10-26(31)27-19-18-25(24-32(27)49)45-40-30-12-5-8-17-37(30)55-47(40)51-48(50-45)53-35-16-9-15-34-41(35)42-36(53)21-23-38-43(42)44-39(54-38)22-20-29-28-11-4-7-14-33(28)52(34)46(29)44/h3-24H,1-2H3. The first-order valence-corrected chi connectivity index (χ1v) is 20.5. The van der Waals surface area contributed by atoms with Crippen LogP contribution in [-0.2, 0) is 5.41 Å². The molecule has 14 rings (SSSR count). The van der Waals surface area contributed by atoms with Gasteiger partial charge in [-0.25, -0.2) is 9.97 Å². The van der Waals surface area contributed by atoms with Crippen LogP contribution < -0.4 is 0 Å². The van der Waals surface area contributed by atoms with Gasteiger partial charge in [-0.1, -0.05) is 98.8 Å². The average Bonchev–Trinajstić information content (AvgIpc) is 3.98. The molecule has 0 bridgehead atoms. The van der Waals surface area contributed by atoms with Crippen LogP contribution in [-0.4, -0.2) is 18.9 Å². The van der Waals surface area contributed by atoms with Gasteiger partial charge in [0.15, 0.2) is 0 Å². The van der Waals surface area contributed by atoms with Gasteiger partial charge < -0.3 is 4.40 Å². The lowest BCUT2D eigenvalue weighted by molar-refractivity contribution is 0.660. The van der Waals surface area contributed by atoms with Gasteiger partial charge in [0.2, 0.25) is 5.95 Å². The van der Waals surface area contributed by atoms with Crippen LogP contribution >= 0.6 is 22.7 Å². The van der Waals surface area contributed by atoms with E-state index in [1.54, 1.807) is 11.3 Å². The summed E-state index contributed by atoms with van der Waals surface area (Å²) in [6.45, 7) is 4.70. The van der Waals surface area contributed by atoms with E-state index < -0.39 is 0 Å². The first-order chi connectivity index (χ1) is 27.0. The van der Waals surface area contributed by atoms with Gasteiger partial charge in [0.25, 0.3) is 0 Å². The second-order valence-electron chi connectivity index (χ2n) is 15.7. The largest absolute Gasteiger partial charge is 0.308 e. The first-order valence-electron chi connectivity index (χ1n) is 18.8. The SMILES string of the molecule is CC1(C)c2ccccc2-c2ccc(-c3nc(-n4c5ccc6sc7ccc8c9ccccc9n9c%10cccc4c%10c5c6c7c89)nc4sc5ccccc5c34)cc21. The Balaban J connectivity index is 1.14. The topological polar surface area (TPSA) is 35.1 Å². The van der Waals surface area contributed by atoms with Crippen LogP contribution in [0.4, 0.5) is 0 Å². The molecule has 6 heteroatoms. The van der Waals surface area contributed by atoms with Crippen LogP contribution in [0.15, 0.2) is 133 Å². The van der Waals surface area contributed by atoms with E-state index in [4.69, 9.17) is 9.97 Å². The van der Waals surface area contributed by atoms with Crippen molar-refractivity contribution < 1.29 is 0 Å². The average molecular weight is 737 g/mol. The van der Waals surface area contributed by atoms with Gasteiger partial charge in [-0.2, -0.15) is 0 Å². The normalized spacial score (nSPS) is 14.1. The third-order valence-corrected chi connectivity index (χ3v) is 14.9. The van der Waals surface area contributed by atoms with Gasteiger partial charge in [-0.3, -0.25) is 4.57 Å². The number of aromatic nitrogens is 4. The van der Waals surface area contributed by atoms with Gasteiger partial charge in [0.05, 0.1) is 33.3 Å². The maximum absolute atomic E-state index is 5.67. The Kier molecular flexibility index (Phi) is 5.10. The summed E-state index contributed by atoms with van der Waals surface area (Å²) < 4.78 is 8.72. The minimum absolute atomic E-state index is 0.119. The molecule has 0 fully saturated rings. The van der Waals surface area contributed by atoms with E-state index in [0.29, 0.717) is 5.95 Å². The van der Waals surface area contributed by atoms with E-state index in [1.807, 2.05) is 11.3 Å². The summed E-state index contributed by atoms with van der Waals surface area (Å²) in [7, 11) is 0. The van der Waals surface area contributed by atoms with E-state index in [-0.39, 0.29) is 5.41 Å². The van der Waals surface area contributed by atoms with Gasteiger partial charge in [-0.15, -0.1) is 22.7 Å². The smallest absolute Gasteiger partial charge is 0.236 e. The van der Waals surface area contributed by atoms with E-state index in [9.17, 15) is 0 Å². The summed E-state index contributed by atoms with van der Waals surface area (Å²) >= 11 is 3.65. The Labute approximate surface area is 321 Å². The molecule has 1 aliphatic carbocycles. The number of fused-ring (bicyclic) bond motifs is 10. The molecule has 6 aromatic heterocycles. The minimum atomic E-state index is -0.119. The highest BCUT2D eigenvalue weighted by molar-refractivity contribution is 7.26. The molecule has 0 radical (unpaired) electrons. The van der Waals surface area contributed by atoms with Crippen LogP contribution in [0, 0.1) is 0 Å². The Bertz CT molecular complexity index is 3810. The molecule has 0 aliphatic heterocycles. The predicted octanol–water partition coefficient (Wildman–Crippen LogP) is 13.7. The zero-order valence-electron chi connectivity index (χ0n) is 29.8. The van der Waals surface area contributed by atoms with Crippen molar-refractivity contribution in [3.8, 4) is 28.3 Å². The highest BCUT2D eigenvalue weighted by Gasteiger charge is 2.36. The van der Waals surface area contributed by atoms with Gasteiger partial charge in [-0.05, 0) is 70.8 Å². The Morgan fingerprint density at radius 3 is 2.18 bits per heavy atom. The molecule has 0 saturated heterocycles. The fourth-order valence-electron chi connectivity index (χ4n) is 10.4. The summed E-state index contributed by atoms with van der Waals surface area (Å²) in [6, 6.07) is 49.5. The van der Waals surface area contributed by atoms with E-state index in [1.165, 1.54) is 90.6 Å². The predicted molar refractivity (Wildman–Crippen MR) is 233 cm³/mol. The third-order valence-electron chi connectivity index (χ3n) is 12.7. The lowest BCUT2D eigenvalue weighted by Gasteiger charge is -2.22.